The van der Waals surface area contributed by atoms with Crippen molar-refractivity contribution >= 4 is 5.91 Å². The van der Waals surface area contributed by atoms with Crippen LogP contribution in [0.15, 0.2) is 42.5 Å². The lowest BCUT2D eigenvalue weighted by Gasteiger charge is -2.25. The van der Waals surface area contributed by atoms with Crippen molar-refractivity contribution in [1.29, 1.82) is 0 Å². The van der Waals surface area contributed by atoms with Gasteiger partial charge in [0.25, 0.3) is 5.91 Å². The van der Waals surface area contributed by atoms with Gasteiger partial charge in [-0.1, -0.05) is 30.3 Å². The molecule has 140 valence electrons. The summed E-state index contributed by atoms with van der Waals surface area (Å²) in [6.07, 6.45) is 0.870. The van der Waals surface area contributed by atoms with Crippen LogP contribution in [0.3, 0.4) is 0 Å². The SMILES string of the molecule is COc1cc(C(=O)NCC(Cc2ccccc2)N(C)C)cc(OC)c1C. The number of hydrogen-bond donors (Lipinski definition) is 1. The second-order valence-electron chi connectivity index (χ2n) is 6.52. The van der Waals surface area contributed by atoms with E-state index in [1.165, 1.54) is 5.56 Å². The minimum Gasteiger partial charge on any atom is -0.496 e. The summed E-state index contributed by atoms with van der Waals surface area (Å²) in [7, 11) is 7.23. The van der Waals surface area contributed by atoms with E-state index in [4.69, 9.17) is 9.47 Å². The molecule has 2 aromatic carbocycles. The van der Waals surface area contributed by atoms with Gasteiger partial charge >= 0.3 is 0 Å². The fourth-order valence-electron chi connectivity index (χ4n) is 2.85. The smallest absolute Gasteiger partial charge is 0.251 e. The van der Waals surface area contributed by atoms with Gasteiger partial charge in [-0.3, -0.25) is 4.79 Å². The monoisotopic (exact) mass is 356 g/mol. The molecule has 0 radical (unpaired) electrons. The normalized spacial score (nSPS) is 11.9. The second-order valence-corrected chi connectivity index (χ2v) is 6.52. The van der Waals surface area contributed by atoms with E-state index in [1.54, 1.807) is 26.4 Å². The molecule has 0 heterocycles. The Morgan fingerprint density at radius 3 is 2.15 bits per heavy atom. The first kappa shape index (κ1) is 19.8. The van der Waals surface area contributed by atoms with Gasteiger partial charge in [-0.2, -0.15) is 0 Å². The Balaban J connectivity index is 2.08. The fourth-order valence-corrected chi connectivity index (χ4v) is 2.85. The maximum absolute atomic E-state index is 12.6. The number of likely N-dealkylation sites (N-methyl/N-ethyl adjacent to an activating group) is 1. The number of rotatable bonds is 8. The molecular formula is C21H28N2O3. The van der Waals surface area contributed by atoms with Crippen LogP contribution in [0.2, 0.25) is 0 Å². The van der Waals surface area contributed by atoms with Gasteiger partial charge in [-0.05, 0) is 45.1 Å². The molecule has 26 heavy (non-hydrogen) atoms. The number of methoxy groups -OCH3 is 2. The summed E-state index contributed by atoms with van der Waals surface area (Å²) < 4.78 is 10.7. The Labute approximate surface area is 155 Å². The Hall–Kier alpha value is -2.53. The standard InChI is InChI=1S/C21H28N2O3/c1-15-19(25-4)12-17(13-20(15)26-5)21(24)22-14-18(23(2)3)11-16-9-7-6-8-10-16/h6-10,12-13,18H,11,14H2,1-5H3,(H,22,24). The molecule has 1 unspecified atom stereocenters. The Morgan fingerprint density at radius 2 is 1.65 bits per heavy atom. The summed E-state index contributed by atoms with van der Waals surface area (Å²) in [6.45, 7) is 2.46. The quantitative estimate of drug-likeness (QED) is 0.790. The average molecular weight is 356 g/mol. The van der Waals surface area contributed by atoms with E-state index in [1.807, 2.05) is 39.2 Å². The highest BCUT2D eigenvalue weighted by molar-refractivity contribution is 5.95. The van der Waals surface area contributed by atoms with Crippen molar-refractivity contribution in [3.8, 4) is 11.5 Å². The van der Waals surface area contributed by atoms with Crippen molar-refractivity contribution in [2.24, 2.45) is 0 Å². The molecule has 0 bridgehead atoms. The summed E-state index contributed by atoms with van der Waals surface area (Å²) in [5.74, 6) is 1.15. The fraction of sp³-hybridized carbons (Fsp3) is 0.381. The minimum absolute atomic E-state index is 0.137. The van der Waals surface area contributed by atoms with Gasteiger partial charge in [0, 0.05) is 23.7 Å². The molecule has 1 amide bonds. The molecule has 2 aromatic rings. The van der Waals surface area contributed by atoms with Gasteiger partial charge in [0.15, 0.2) is 0 Å². The molecule has 0 saturated carbocycles. The molecule has 5 heteroatoms. The molecule has 2 rings (SSSR count). The Morgan fingerprint density at radius 1 is 1.08 bits per heavy atom. The van der Waals surface area contributed by atoms with Crippen LogP contribution in [0.1, 0.15) is 21.5 Å². The summed E-state index contributed by atoms with van der Waals surface area (Å²) in [6, 6.07) is 14.0. The Kier molecular flexibility index (Phi) is 7.04. The van der Waals surface area contributed by atoms with Crippen molar-refractivity contribution in [3.05, 3.63) is 59.2 Å². The molecule has 1 atom stereocenters. The first-order valence-electron chi connectivity index (χ1n) is 8.67. The maximum Gasteiger partial charge on any atom is 0.251 e. The zero-order valence-corrected chi connectivity index (χ0v) is 16.2. The van der Waals surface area contributed by atoms with Gasteiger partial charge in [-0.15, -0.1) is 0 Å². The van der Waals surface area contributed by atoms with E-state index >= 15 is 0 Å². The van der Waals surface area contributed by atoms with Crippen LogP contribution in [0, 0.1) is 6.92 Å². The number of hydrogen-bond acceptors (Lipinski definition) is 4. The third-order valence-electron chi connectivity index (χ3n) is 4.56. The van der Waals surface area contributed by atoms with Gasteiger partial charge in [0.1, 0.15) is 11.5 Å². The number of benzene rings is 2. The molecule has 0 aliphatic heterocycles. The van der Waals surface area contributed by atoms with E-state index in [0.717, 1.165) is 12.0 Å². The molecule has 0 aliphatic carbocycles. The third-order valence-corrected chi connectivity index (χ3v) is 4.56. The second kappa shape index (κ2) is 9.25. The highest BCUT2D eigenvalue weighted by Crippen LogP contribution is 2.29. The van der Waals surface area contributed by atoms with Gasteiger partial charge in [0.2, 0.25) is 0 Å². The van der Waals surface area contributed by atoms with Crippen LogP contribution in [-0.2, 0) is 6.42 Å². The lowest BCUT2D eigenvalue weighted by atomic mass is 10.0. The predicted molar refractivity (Wildman–Crippen MR) is 104 cm³/mol. The zero-order chi connectivity index (χ0) is 19.1. The van der Waals surface area contributed by atoms with E-state index in [2.05, 4.69) is 22.3 Å². The van der Waals surface area contributed by atoms with Gasteiger partial charge in [-0.25, -0.2) is 0 Å². The average Bonchev–Trinajstić information content (AvgIpc) is 2.65. The van der Waals surface area contributed by atoms with Gasteiger partial charge < -0.3 is 19.7 Å². The molecule has 0 saturated heterocycles. The largest absolute Gasteiger partial charge is 0.496 e. The summed E-state index contributed by atoms with van der Waals surface area (Å²) in [5, 5.41) is 3.03. The lowest BCUT2D eigenvalue weighted by molar-refractivity contribution is 0.0941. The maximum atomic E-state index is 12.6. The van der Waals surface area contributed by atoms with Crippen LogP contribution in [0.4, 0.5) is 0 Å². The first-order chi connectivity index (χ1) is 12.5. The Bertz CT molecular complexity index is 704. The first-order valence-corrected chi connectivity index (χ1v) is 8.67. The number of nitrogens with zero attached hydrogens (tertiary/aromatic N) is 1. The highest BCUT2D eigenvalue weighted by Gasteiger charge is 2.17. The molecule has 5 nitrogen and oxygen atoms in total. The molecule has 0 fully saturated rings. The van der Waals surface area contributed by atoms with Crippen LogP contribution < -0.4 is 14.8 Å². The molecule has 0 aromatic heterocycles. The summed E-state index contributed by atoms with van der Waals surface area (Å²) in [5.41, 5.74) is 2.66. The molecule has 0 spiro atoms. The van der Waals surface area contributed by atoms with Crippen LogP contribution in [-0.4, -0.2) is 51.7 Å². The van der Waals surface area contributed by atoms with Crippen molar-refractivity contribution in [2.75, 3.05) is 34.9 Å². The summed E-state index contributed by atoms with van der Waals surface area (Å²) >= 11 is 0. The number of nitrogens with one attached hydrogen (secondary N) is 1. The predicted octanol–water partition coefficient (Wildman–Crippen LogP) is 2.91. The number of carbonyl (C=O) groups is 1. The summed E-state index contributed by atoms with van der Waals surface area (Å²) in [4.78, 5) is 14.8. The van der Waals surface area contributed by atoms with Crippen molar-refractivity contribution in [2.45, 2.75) is 19.4 Å². The van der Waals surface area contributed by atoms with Crippen LogP contribution in [0.25, 0.3) is 0 Å². The molecular weight excluding hydrogens is 328 g/mol. The van der Waals surface area contributed by atoms with Crippen molar-refractivity contribution < 1.29 is 14.3 Å². The lowest BCUT2D eigenvalue weighted by Crippen LogP contribution is -2.41. The van der Waals surface area contributed by atoms with Crippen molar-refractivity contribution in [1.82, 2.24) is 10.2 Å². The number of amides is 1. The van der Waals surface area contributed by atoms with Gasteiger partial charge in [0.05, 0.1) is 14.2 Å². The zero-order valence-electron chi connectivity index (χ0n) is 16.2. The minimum atomic E-state index is -0.137. The third kappa shape index (κ3) is 4.99. The van der Waals surface area contributed by atoms with E-state index in [9.17, 15) is 4.79 Å². The number of carbonyl (C=O) groups excluding carboxylic acids is 1. The molecule has 0 aliphatic rings. The van der Waals surface area contributed by atoms with E-state index in [-0.39, 0.29) is 11.9 Å². The van der Waals surface area contributed by atoms with Crippen LogP contribution >= 0.6 is 0 Å². The van der Waals surface area contributed by atoms with E-state index < -0.39 is 0 Å². The van der Waals surface area contributed by atoms with Crippen molar-refractivity contribution in [3.63, 3.8) is 0 Å². The number of ether oxygens (including phenoxy) is 2. The van der Waals surface area contributed by atoms with Crippen LogP contribution in [0.5, 0.6) is 11.5 Å². The molecule has 1 N–H and O–H groups in total. The highest BCUT2D eigenvalue weighted by atomic mass is 16.5. The van der Waals surface area contributed by atoms with E-state index in [0.29, 0.717) is 23.6 Å². The topological polar surface area (TPSA) is 50.8 Å².